The van der Waals surface area contributed by atoms with Crippen molar-refractivity contribution in [1.29, 1.82) is 0 Å². The van der Waals surface area contributed by atoms with E-state index in [4.69, 9.17) is 10.2 Å². The molecule has 1 heterocycles. The van der Waals surface area contributed by atoms with Gasteiger partial charge in [0, 0.05) is 14.8 Å². The number of rotatable bonds is 0. The minimum Gasteiger partial charge on any atom is -0.378 e. The molecule has 0 saturated carbocycles. The molecule has 8 heavy (non-hydrogen) atoms. The fourth-order valence-electron chi connectivity index (χ4n) is 0.634. The van der Waals surface area contributed by atoms with Gasteiger partial charge in [0.15, 0.2) is 0 Å². The lowest BCUT2D eigenvalue weighted by atomic mass is 10.2. The molecule has 1 N–H and O–H groups in total. The molecule has 0 aliphatic carbocycles. The Balaban J connectivity index is 2.82. The molecule has 1 rings (SSSR count). The van der Waals surface area contributed by atoms with Crippen LogP contribution < -0.4 is 5.32 Å². The summed E-state index contributed by atoms with van der Waals surface area (Å²) in [7, 11) is 0. The Bertz CT molecular complexity index is 192. The topological polar surface area (TPSA) is 21.3 Å². The monoisotopic (exact) mass is 119 g/mol. The molecule has 2 unspecified atom stereocenters. The summed E-state index contributed by atoms with van der Waals surface area (Å²) in [4.78, 5) is 0. The predicted molar refractivity (Wildman–Crippen MR) is 32.9 cm³/mol. The van der Waals surface area contributed by atoms with Crippen LogP contribution in [0.4, 0.5) is 0 Å². The van der Waals surface area contributed by atoms with Gasteiger partial charge in [0.05, 0.1) is 15.9 Å². The van der Waals surface area contributed by atoms with Crippen molar-refractivity contribution < 1.29 is 10.2 Å². The van der Waals surface area contributed by atoms with Crippen LogP contribution in [-0.4, -0.2) is 25.2 Å². The van der Waals surface area contributed by atoms with Crippen LogP contribution in [0.25, 0.3) is 0 Å². The number of hydrogen-bond donors (Lipinski definition) is 1. The standard InChI is InChI=1S/C6H13NO/c1-5-3-8-4-6(2)7-5/h5-7H,3-4H2,1-2H3/i3D2,5D,6D. The van der Waals surface area contributed by atoms with Crippen LogP contribution in [0.15, 0.2) is 0 Å². The van der Waals surface area contributed by atoms with Gasteiger partial charge in [-0.2, -0.15) is 0 Å². The average molecular weight is 119 g/mol. The third kappa shape index (κ3) is 1.46. The molecule has 1 saturated heterocycles. The van der Waals surface area contributed by atoms with Crippen LogP contribution in [0.5, 0.6) is 0 Å². The molecule has 2 nitrogen and oxygen atoms in total. The van der Waals surface area contributed by atoms with E-state index in [1.165, 1.54) is 6.92 Å². The van der Waals surface area contributed by atoms with Gasteiger partial charge in [0.1, 0.15) is 0 Å². The maximum absolute atomic E-state index is 7.55. The summed E-state index contributed by atoms with van der Waals surface area (Å²) in [5.74, 6) is 0. The van der Waals surface area contributed by atoms with E-state index in [1.807, 2.05) is 0 Å². The Hall–Kier alpha value is -0.0800. The third-order valence-corrected chi connectivity index (χ3v) is 0.915. The van der Waals surface area contributed by atoms with Crippen molar-refractivity contribution in [2.45, 2.75) is 25.9 Å². The zero-order valence-corrected chi connectivity index (χ0v) is 5.12. The van der Waals surface area contributed by atoms with Crippen molar-refractivity contribution in [3.05, 3.63) is 0 Å². The van der Waals surface area contributed by atoms with Gasteiger partial charge in [-0.05, 0) is 13.8 Å². The second-order valence-corrected chi connectivity index (χ2v) is 1.92. The molecule has 0 aromatic heterocycles. The Morgan fingerprint density at radius 3 is 3.00 bits per heavy atom. The van der Waals surface area contributed by atoms with Crippen LogP contribution in [0.2, 0.25) is 0 Å². The molecular formula is C6H13NO. The first-order valence-corrected chi connectivity index (χ1v) is 2.60. The van der Waals surface area contributed by atoms with E-state index < -0.39 is 18.6 Å². The van der Waals surface area contributed by atoms with Crippen molar-refractivity contribution in [3.63, 3.8) is 0 Å². The lowest BCUT2D eigenvalue weighted by Gasteiger charge is -2.25. The highest BCUT2D eigenvalue weighted by atomic mass is 16.5. The zero-order valence-electron chi connectivity index (χ0n) is 9.12. The van der Waals surface area contributed by atoms with Gasteiger partial charge < -0.3 is 10.1 Å². The van der Waals surface area contributed by atoms with E-state index in [-0.39, 0.29) is 6.61 Å². The summed E-state index contributed by atoms with van der Waals surface area (Å²) in [6.07, 6.45) is 0. The second kappa shape index (κ2) is 2.46. The highest BCUT2D eigenvalue weighted by Crippen LogP contribution is 1.96. The summed E-state index contributed by atoms with van der Waals surface area (Å²) >= 11 is 0. The third-order valence-electron chi connectivity index (χ3n) is 0.915. The van der Waals surface area contributed by atoms with Crippen LogP contribution in [0, 0.1) is 0 Å². The molecular weight excluding hydrogens is 102 g/mol. The lowest BCUT2D eigenvalue weighted by molar-refractivity contribution is 0.0560. The largest absolute Gasteiger partial charge is 0.378 e. The fourth-order valence-corrected chi connectivity index (χ4v) is 0.634. The van der Waals surface area contributed by atoms with Crippen molar-refractivity contribution >= 4 is 0 Å². The molecule has 2 atom stereocenters. The minimum absolute atomic E-state index is 0.0472. The van der Waals surface area contributed by atoms with E-state index >= 15 is 0 Å². The fraction of sp³-hybridized carbons (Fsp3) is 1.00. The summed E-state index contributed by atoms with van der Waals surface area (Å²) in [5, 5.41) is 2.56. The normalized spacial score (nSPS) is 71.8. The van der Waals surface area contributed by atoms with Gasteiger partial charge in [-0.1, -0.05) is 0 Å². The molecule has 0 bridgehead atoms. The van der Waals surface area contributed by atoms with Gasteiger partial charge in [0.2, 0.25) is 0 Å². The van der Waals surface area contributed by atoms with E-state index in [0.717, 1.165) is 0 Å². The van der Waals surface area contributed by atoms with Crippen LogP contribution in [-0.2, 0) is 4.74 Å². The highest BCUT2D eigenvalue weighted by molar-refractivity contribution is 4.70. The number of nitrogens with one attached hydrogen (secondary N) is 1. The number of ether oxygens (including phenoxy) is 1. The number of morpholine rings is 1. The zero-order chi connectivity index (χ0) is 9.62. The highest BCUT2D eigenvalue weighted by Gasteiger charge is 2.12. The van der Waals surface area contributed by atoms with Gasteiger partial charge in [-0.3, -0.25) is 0 Å². The Kier molecular flexibility index (Phi) is 0.822. The van der Waals surface area contributed by atoms with Gasteiger partial charge >= 0.3 is 0 Å². The maximum atomic E-state index is 7.55. The molecule has 0 radical (unpaired) electrons. The molecule has 48 valence electrons. The van der Waals surface area contributed by atoms with Crippen LogP contribution >= 0.6 is 0 Å². The Morgan fingerprint density at radius 2 is 2.50 bits per heavy atom. The van der Waals surface area contributed by atoms with E-state index in [2.05, 4.69) is 5.32 Å². The predicted octanol–water partition coefficient (Wildman–Crippen LogP) is 0.383. The van der Waals surface area contributed by atoms with E-state index in [1.54, 1.807) is 6.92 Å². The first-order valence-electron chi connectivity index (χ1n) is 4.60. The van der Waals surface area contributed by atoms with Crippen molar-refractivity contribution in [3.8, 4) is 0 Å². The molecule has 2 heteroatoms. The van der Waals surface area contributed by atoms with Gasteiger partial charge in [0.25, 0.3) is 0 Å². The Labute approximate surface area is 55.8 Å². The molecule has 1 aliphatic heterocycles. The smallest absolute Gasteiger partial charge is 0.0617 e. The van der Waals surface area contributed by atoms with Gasteiger partial charge in [-0.25, -0.2) is 0 Å². The summed E-state index contributed by atoms with van der Waals surface area (Å²) in [5.41, 5.74) is 0. The van der Waals surface area contributed by atoms with Crippen LogP contribution in [0.3, 0.4) is 0 Å². The SMILES string of the molecule is [2H]C1(C)COC([2H])([2H])C([2H])(C)N1. The molecule has 0 amide bonds. The summed E-state index contributed by atoms with van der Waals surface area (Å²) in [6.45, 7) is 0.829. The lowest BCUT2D eigenvalue weighted by Crippen LogP contribution is -2.45. The van der Waals surface area contributed by atoms with Gasteiger partial charge in [-0.15, -0.1) is 0 Å². The second-order valence-electron chi connectivity index (χ2n) is 1.92. The first-order chi connectivity index (χ1) is 5.16. The first kappa shape index (κ1) is 2.67. The van der Waals surface area contributed by atoms with Crippen molar-refractivity contribution in [1.82, 2.24) is 5.32 Å². The molecule has 1 fully saturated rings. The molecule has 1 aliphatic rings. The van der Waals surface area contributed by atoms with E-state index in [9.17, 15) is 0 Å². The minimum atomic E-state index is -2.03. The summed E-state index contributed by atoms with van der Waals surface area (Å²) < 4.78 is 34.5. The average Bonchev–Trinajstić information content (AvgIpc) is 1.79. The molecule has 0 aromatic rings. The molecule has 0 aromatic carbocycles. The summed E-state index contributed by atoms with van der Waals surface area (Å²) in [6, 6.07) is -2.65. The quantitative estimate of drug-likeness (QED) is 0.498. The van der Waals surface area contributed by atoms with E-state index in [0.29, 0.717) is 0 Å². The van der Waals surface area contributed by atoms with Crippen molar-refractivity contribution in [2.75, 3.05) is 13.2 Å². The molecule has 0 spiro atoms. The number of hydrogen-bond acceptors (Lipinski definition) is 2. The maximum Gasteiger partial charge on any atom is 0.0617 e. The Morgan fingerprint density at radius 1 is 1.75 bits per heavy atom. The van der Waals surface area contributed by atoms with Crippen molar-refractivity contribution in [2.24, 2.45) is 0 Å². The van der Waals surface area contributed by atoms with Crippen LogP contribution in [0.1, 0.15) is 19.3 Å².